The van der Waals surface area contributed by atoms with Crippen LogP contribution in [0.15, 0.2) is 36.7 Å². The maximum absolute atomic E-state index is 12.2. The molecule has 0 bridgehead atoms. The third-order valence-electron chi connectivity index (χ3n) is 4.40. The Kier molecular flexibility index (Phi) is 6.43. The molecule has 0 radical (unpaired) electrons. The molecule has 3 rings (SSSR count). The number of methoxy groups -OCH3 is 1. The lowest BCUT2D eigenvalue weighted by molar-refractivity contribution is 0.0946. The second-order valence-corrected chi connectivity index (χ2v) is 6.34. The lowest BCUT2D eigenvalue weighted by Gasteiger charge is -2.32. The summed E-state index contributed by atoms with van der Waals surface area (Å²) in [5.41, 5.74) is 0.442. The molecule has 0 atom stereocenters. The minimum atomic E-state index is -0.210. The molecule has 1 N–H and O–H groups in total. The van der Waals surface area contributed by atoms with Crippen LogP contribution in [0.25, 0.3) is 0 Å². The Hall–Kier alpha value is -2.87. The lowest BCUT2D eigenvalue weighted by atomic mass is 10.3. The summed E-state index contributed by atoms with van der Waals surface area (Å²) >= 11 is 0. The van der Waals surface area contributed by atoms with E-state index >= 15 is 0 Å². The molecular weight excluding hydrogens is 346 g/mol. The molecule has 0 aliphatic carbocycles. The van der Waals surface area contributed by atoms with E-state index in [0.717, 1.165) is 37.7 Å². The Morgan fingerprint density at radius 1 is 1.07 bits per heavy atom. The number of hydrogen-bond donors (Lipinski definition) is 1. The van der Waals surface area contributed by atoms with Gasteiger partial charge in [-0.15, -0.1) is 0 Å². The second-order valence-electron chi connectivity index (χ2n) is 6.34. The highest BCUT2D eigenvalue weighted by Crippen LogP contribution is 2.16. The smallest absolute Gasteiger partial charge is 0.254 e. The second kappa shape index (κ2) is 9.18. The Bertz CT molecular complexity index is 728. The van der Waals surface area contributed by atoms with Crippen LogP contribution in [0.5, 0.6) is 11.5 Å². The van der Waals surface area contributed by atoms with Gasteiger partial charge in [0.2, 0.25) is 5.95 Å². The molecule has 8 heteroatoms. The number of ether oxygens (including phenoxy) is 2. The van der Waals surface area contributed by atoms with Crippen molar-refractivity contribution in [1.29, 1.82) is 0 Å². The first-order chi connectivity index (χ1) is 13.2. The molecule has 0 saturated carbocycles. The minimum Gasteiger partial charge on any atom is -0.497 e. The number of rotatable bonds is 7. The van der Waals surface area contributed by atoms with Gasteiger partial charge in [-0.25, -0.2) is 9.97 Å². The van der Waals surface area contributed by atoms with E-state index in [4.69, 9.17) is 9.47 Å². The highest BCUT2D eigenvalue weighted by atomic mass is 16.5. The first-order valence-electron chi connectivity index (χ1n) is 8.96. The topological polar surface area (TPSA) is 79.8 Å². The van der Waals surface area contributed by atoms with Crippen LogP contribution in [0.1, 0.15) is 10.4 Å². The van der Waals surface area contributed by atoms with Crippen molar-refractivity contribution in [3.05, 3.63) is 42.2 Å². The van der Waals surface area contributed by atoms with E-state index in [0.29, 0.717) is 24.7 Å². The van der Waals surface area contributed by atoms with Crippen LogP contribution in [0.4, 0.5) is 5.95 Å². The zero-order valence-corrected chi connectivity index (χ0v) is 15.7. The minimum absolute atomic E-state index is 0.210. The summed E-state index contributed by atoms with van der Waals surface area (Å²) in [5.74, 6) is 1.96. The van der Waals surface area contributed by atoms with E-state index in [1.165, 1.54) is 0 Å². The van der Waals surface area contributed by atoms with Gasteiger partial charge < -0.3 is 24.6 Å². The van der Waals surface area contributed by atoms with Crippen molar-refractivity contribution in [2.24, 2.45) is 0 Å². The molecule has 27 heavy (non-hydrogen) atoms. The number of anilines is 1. The van der Waals surface area contributed by atoms with Crippen LogP contribution in [0, 0.1) is 0 Å². The maximum Gasteiger partial charge on any atom is 0.254 e. The van der Waals surface area contributed by atoms with Gasteiger partial charge >= 0.3 is 0 Å². The van der Waals surface area contributed by atoms with Gasteiger partial charge in [-0.1, -0.05) is 0 Å². The van der Waals surface area contributed by atoms with Crippen molar-refractivity contribution in [3.8, 4) is 11.5 Å². The highest BCUT2D eigenvalue weighted by molar-refractivity contribution is 5.93. The predicted octanol–water partition coefficient (Wildman–Crippen LogP) is 1.05. The number of likely N-dealkylation sites (N-methyl/N-ethyl adjacent to an activating group) is 1. The SMILES string of the molecule is COc1ccc(OCCNC(=O)c2cnc(N3CCN(C)CC3)nc2)cc1. The zero-order valence-electron chi connectivity index (χ0n) is 15.7. The van der Waals surface area contributed by atoms with E-state index in [2.05, 4.69) is 32.1 Å². The van der Waals surface area contributed by atoms with Crippen LogP contribution >= 0.6 is 0 Å². The van der Waals surface area contributed by atoms with E-state index in [1.807, 2.05) is 24.3 Å². The van der Waals surface area contributed by atoms with Gasteiger partial charge in [-0.3, -0.25) is 4.79 Å². The number of nitrogens with zero attached hydrogens (tertiary/aromatic N) is 4. The van der Waals surface area contributed by atoms with E-state index in [-0.39, 0.29) is 5.91 Å². The van der Waals surface area contributed by atoms with E-state index < -0.39 is 0 Å². The van der Waals surface area contributed by atoms with Gasteiger partial charge in [0, 0.05) is 38.6 Å². The number of carbonyl (C=O) groups is 1. The summed E-state index contributed by atoms with van der Waals surface area (Å²) < 4.78 is 10.7. The van der Waals surface area contributed by atoms with Crippen LogP contribution in [0.3, 0.4) is 0 Å². The summed E-state index contributed by atoms with van der Waals surface area (Å²) in [6.45, 7) is 4.53. The molecule has 1 fully saturated rings. The van der Waals surface area contributed by atoms with Crippen molar-refractivity contribution >= 4 is 11.9 Å². The molecule has 1 aromatic heterocycles. The predicted molar refractivity (Wildman–Crippen MR) is 103 cm³/mol. The Morgan fingerprint density at radius 2 is 1.70 bits per heavy atom. The molecule has 1 amide bonds. The fourth-order valence-electron chi connectivity index (χ4n) is 2.72. The molecule has 8 nitrogen and oxygen atoms in total. The first kappa shape index (κ1) is 18.9. The number of amides is 1. The first-order valence-corrected chi connectivity index (χ1v) is 8.96. The number of hydrogen-bond acceptors (Lipinski definition) is 7. The van der Waals surface area contributed by atoms with Crippen molar-refractivity contribution in [2.75, 3.05) is 58.4 Å². The van der Waals surface area contributed by atoms with Gasteiger partial charge in [0.25, 0.3) is 5.91 Å². The van der Waals surface area contributed by atoms with Crippen molar-refractivity contribution in [3.63, 3.8) is 0 Å². The van der Waals surface area contributed by atoms with Crippen molar-refractivity contribution in [1.82, 2.24) is 20.2 Å². The van der Waals surface area contributed by atoms with Crippen molar-refractivity contribution in [2.45, 2.75) is 0 Å². The Balaban J connectivity index is 1.42. The number of nitrogens with one attached hydrogen (secondary N) is 1. The van der Waals surface area contributed by atoms with E-state index in [9.17, 15) is 4.79 Å². The van der Waals surface area contributed by atoms with Crippen LogP contribution < -0.4 is 19.7 Å². The zero-order chi connectivity index (χ0) is 19.1. The third kappa shape index (κ3) is 5.30. The molecule has 2 aromatic rings. The average molecular weight is 371 g/mol. The summed E-state index contributed by atoms with van der Waals surface area (Å²) in [4.78, 5) is 25.3. The van der Waals surface area contributed by atoms with Gasteiger partial charge in [0.15, 0.2) is 0 Å². The van der Waals surface area contributed by atoms with Crippen molar-refractivity contribution < 1.29 is 14.3 Å². The molecule has 1 aliphatic rings. The molecule has 1 aliphatic heterocycles. The summed E-state index contributed by atoms with van der Waals surface area (Å²) in [7, 11) is 3.72. The number of carbonyl (C=O) groups excluding carboxylic acids is 1. The standard InChI is InChI=1S/C19H25N5O3/c1-23-8-10-24(11-9-23)19-21-13-15(14-22-19)18(25)20-7-12-27-17-5-3-16(26-2)4-6-17/h3-6,13-14H,7-12H2,1-2H3,(H,20,25). The summed E-state index contributed by atoms with van der Waals surface area (Å²) in [6, 6.07) is 7.30. The quantitative estimate of drug-likeness (QED) is 0.729. The van der Waals surface area contributed by atoms with Crippen LogP contribution in [-0.2, 0) is 0 Å². The van der Waals surface area contributed by atoms with Gasteiger partial charge in [-0.05, 0) is 31.3 Å². The number of benzene rings is 1. The molecular formula is C19H25N5O3. The molecule has 144 valence electrons. The molecule has 0 spiro atoms. The molecule has 2 heterocycles. The largest absolute Gasteiger partial charge is 0.497 e. The van der Waals surface area contributed by atoms with Crippen LogP contribution in [0.2, 0.25) is 0 Å². The fraction of sp³-hybridized carbons (Fsp3) is 0.421. The van der Waals surface area contributed by atoms with E-state index in [1.54, 1.807) is 19.5 Å². The highest BCUT2D eigenvalue weighted by Gasteiger charge is 2.16. The summed E-state index contributed by atoms with van der Waals surface area (Å²) in [5, 5.41) is 2.81. The van der Waals surface area contributed by atoms with Gasteiger partial charge in [0.05, 0.1) is 19.2 Å². The third-order valence-corrected chi connectivity index (χ3v) is 4.40. The van der Waals surface area contributed by atoms with Crippen LogP contribution in [-0.4, -0.2) is 74.3 Å². The monoisotopic (exact) mass is 371 g/mol. The number of aromatic nitrogens is 2. The Labute approximate surface area is 159 Å². The summed E-state index contributed by atoms with van der Waals surface area (Å²) in [6.07, 6.45) is 3.14. The van der Waals surface area contributed by atoms with Gasteiger partial charge in [-0.2, -0.15) is 0 Å². The lowest BCUT2D eigenvalue weighted by Crippen LogP contribution is -2.45. The molecule has 1 saturated heterocycles. The molecule has 0 unspecified atom stereocenters. The maximum atomic E-state index is 12.2. The fourth-order valence-corrected chi connectivity index (χ4v) is 2.72. The number of piperazine rings is 1. The molecule has 1 aromatic carbocycles. The Morgan fingerprint density at radius 3 is 2.33 bits per heavy atom. The average Bonchev–Trinajstić information content (AvgIpc) is 2.72. The van der Waals surface area contributed by atoms with Gasteiger partial charge in [0.1, 0.15) is 18.1 Å². The normalized spacial score (nSPS) is 14.7.